The maximum atomic E-state index is 11.5. The molecule has 0 aliphatic carbocycles. The molecule has 3 nitrogen and oxygen atoms in total. The number of hydrogen-bond acceptors (Lipinski definition) is 2. The Morgan fingerprint density at radius 1 is 1.29 bits per heavy atom. The van der Waals surface area contributed by atoms with Crippen LogP contribution < -0.4 is 0 Å². The molecule has 0 aromatic heterocycles. The van der Waals surface area contributed by atoms with Crippen molar-refractivity contribution in [2.45, 2.75) is 18.3 Å². The zero-order valence-electron chi connectivity index (χ0n) is 9.48. The maximum Gasteiger partial charge on any atom is 0.314 e. The first-order chi connectivity index (χ1) is 8.19. The van der Waals surface area contributed by atoms with Crippen LogP contribution in [0.5, 0.6) is 0 Å². The summed E-state index contributed by atoms with van der Waals surface area (Å²) in [6.45, 7) is 0.979. The zero-order chi connectivity index (χ0) is 12.3. The smallest absolute Gasteiger partial charge is 0.314 e. The van der Waals surface area contributed by atoms with E-state index in [0.29, 0.717) is 26.1 Å². The SMILES string of the molecule is C#Cc1ccc(C2(C(=O)O)CCOCC2)cc1. The molecule has 1 aromatic rings. The summed E-state index contributed by atoms with van der Waals surface area (Å²) >= 11 is 0. The first-order valence-corrected chi connectivity index (χ1v) is 5.57. The third-order valence-electron chi connectivity index (χ3n) is 3.36. The van der Waals surface area contributed by atoms with Crippen LogP contribution in [0.3, 0.4) is 0 Å². The van der Waals surface area contributed by atoms with Crippen molar-refractivity contribution >= 4 is 5.97 Å². The lowest BCUT2D eigenvalue weighted by molar-refractivity contribution is -0.147. The van der Waals surface area contributed by atoms with Crippen molar-refractivity contribution in [1.82, 2.24) is 0 Å². The molecule has 3 heteroatoms. The van der Waals surface area contributed by atoms with Gasteiger partial charge in [-0.1, -0.05) is 18.1 Å². The summed E-state index contributed by atoms with van der Waals surface area (Å²) in [6.07, 6.45) is 6.31. The lowest BCUT2D eigenvalue weighted by atomic mass is 9.74. The lowest BCUT2D eigenvalue weighted by Crippen LogP contribution is -2.41. The molecule has 0 radical (unpaired) electrons. The number of carbonyl (C=O) groups is 1. The fourth-order valence-corrected chi connectivity index (χ4v) is 2.23. The molecule has 1 heterocycles. The molecular formula is C14H14O3. The lowest BCUT2D eigenvalue weighted by Gasteiger charge is -2.33. The van der Waals surface area contributed by atoms with Crippen LogP contribution in [0.4, 0.5) is 0 Å². The van der Waals surface area contributed by atoms with E-state index in [9.17, 15) is 9.90 Å². The molecule has 0 amide bonds. The second-order valence-corrected chi connectivity index (χ2v) is 4.22. The summed E-state index contributed by atoms with van der Waals surface area (Å²) in [6, 6.07) is 7.20. The monoisotopic (exact) mass is 230 g/mol. The Kier molecular flexibility index (Phi) is 3.16. The fraction of sp³-hybridized carbons (Fsp3) is 0.357. The molecule has 1 N–H and O–H groups in total. The Bertz CT molecular complexity index is 447. The van der Waals surface area contributed by atoms with E-state index >= 15 is 0 Å². The molecule has 1 aliphatic heterocycles. The van der Waals surface area contributed by atoms with Crippen molar-refractivity contribution in [2.75, 3.05) is 13.2 Å². The molecule has 1 aliphatic rings. The maximum absolute atomic E-state index is 11.5. The van der Waals surface area contributed by atoms with Crippen LogP contribution in [-0.4, -0.2) is 24.3 Å². The van der Waals surface area contributed by atoms with Gasteiger partial charge in [-0.2, -0.15) is 0 Å². The van der Waals surface area contributed by atoms with E-state index in [4.69, 9.17) is 11.2 Å². The van der Waals surface area contributed by atoms with Crippen LogP contribution >= 0.6 is 0 Å². The zero-order valence-corrected chi connectivity index (χ0v) is 9.48. The number of terminal acetylenes is 1. The molecule has 17 heavy (non-hydrogen) atoms. The molecule has 1 saturated heterocycles. The van der Waals surface area contributed by atoms with Gasteiger partial charge in [0.2, 0.25) is 0 Å². The topological polar surface area (TPSA) is 46.5 Å². The quantitative estimate of drug-likeness (QED) is 0.788. The van der Waals surface area contributed by atoms with Crippen molar-refractivity contribution in [3.63, 3.8) is 0 Å². The second-order valence-electron chi connectivity index (χ2n) is 4.22. The van der Waals surface area contributed by atoms with E-state index < -0.39 is 11.4 Å². The highest BCUT2D eigenvalue weighted by molar-refractivity contribution is 5.81. The summed E-state index contributed by atoms with van der Waals surface area (Å²) in [5.41, 5.74) is 0.763. The number of hydrogen-bond donors (Lipinski definition) is 1. The minimum Gasteiger partial charge on any atom is -0.481 e. The summed E-state index contributed by atoms with van der Waals surface area (Å²) in [5.74, 6) is 1.74. The van der Waals surface area contributed by atoms with Gasteiger partial charge in [0.15, 0.2) is 0 Å². The number of ether oxygens (including phenoxy) is 1. The summed E-state index contributed by atoms with van der Waals surface area (Å²) in [7, 11) is 0. The Morgan fingerprint density at radius 3 is 2.35 bits per heavy atom. The largest absolute Gasteiger partial charge is 0.481 e. The molecule has 0 bridgehead atoms. The molecule has 0 unspecified atom stereocenters. The number of aliphatic carboxylic acids is 1. The molecule has 2 rings (SSSR count). The molecule has 1 fully saturated rings. The van der Waals surface area contributed by atoms with Gasteiger partial charge in [0, 0.05) is 18.8 Å². The number of rotatable bonds is 2. The molecule has 88 valence electrons. The van der Waals surface area contributed by atoms with Crippen molar-refractivity contribution in [2.24, 2.45) is 0 Å². The molecule has 0 spiro atoms. The van der Waals surface area contributed by atoms with Crippen LogP contribution in [0.25, 0.3) is 0 Å². The Morgan fingerprint density at radius 2 is 1.88 bits per heavy atom. The minimum atomic E-state index is -0.814. The summed E-state index contributed by atoms with van der Waals surface area (Å²) in [5, 5.41) is 9.47. The standard InChI is InChI=1S/C14H14O3/c1-2-11-3-5-12(6-4-11)14(13(15)16)7-9-17-10-8-14/h1,3-6H,7-10H2,(H,15,16). The molecular weight excluding hydrogens is 216 g/mol. The summed E-state index contributed by atoms with van der Waals surface area (Å²) in [4.78, 5) is 11.5. The van der Waals surface area contributed by atoms with Crippen LogP contribution in [0.2, 0.25) is 0 Å². The van der Waals surface area contributed by atoms with Crippen molar-refractivity contribution < 1.29 is 14.6 Å². The third kappa shape index (κ3) is 2.04. The second kappa shape index (κ2) is 4.60. The van der Waals surface area contributed by atoms with E-state index in [2.05, 4.69) is 5.92 Å². The van der Waals surface area contributed by atoms with Crippen LogP contribution in [0.15, 0.2) is 24.3 Å². The predicted molar refractivity (Wildman–Crippen MR) is 63.7 cm³/mol. The van der Waals surface area contributed by atoms with Gasteiger partial charge >= 0.3 is 5.97 Å². The van der Waals surface area contributed by atoms with Gasteiger partial charge in [-0.15, -0.1) is 6.42 Å². The highest BCUT2D eigenvalue weighted by Gasteiger charge is 2.41. The first-order valence-electron chi connectivity index (χ1n) is 5.57. The van der Waals surface area contributed by atoms with Gasteiger partial charge in [-0.3, -0.25) is 4.79 Å². The minimum absolute atomic E-state index is 0.489. The van der Waals surface area contributed by atoms with Crippen LogP contribution in [0, 0.1) is 12.3 Å². The van der Waals surface area contributed by atoms with Gasteiger partial charge in [-0.25, -0.2) is 0 Å². The Labute approximate surface area is 100 Å². The van der Waals surface area contributed by atoms with Crippen LogP contribution in [-0.2, 0) is 14.9 Å². The van der Waals surface area contributed by atoms with Gasteiger partial charge in [-0.05, 0) is 30.5 Å². The highest BCUT2D eigenvalue weighted by Crippen LogP contribution is 2.35. The molecule has 0 saturated carbocycles. The first kappa shape index (κ1) is 11.7. The van der Waals surface area contributed by atoms with Gasteiger partial charge < -0.3 is 9.84 Å². The summed E-state index contributed by atoms with van der Waals surface area (Å²) < 4.78 is 5.25. The molecule has 0 atom stereocenters. The number of carboxylic acids is 1. The average molecular weight is 230 g/mol. The van der Waals surface area contributed by atoms with E-state index in [-0.39, 0.29) is 0 Å². The predicted octanol–water partition coefficient (Wildman–Crippen LogP) is 1.80. The van der Waals surface area contributed by atoms with Gasteiger partial charge in [0.05, 0.1) is 5.41 Å². The van der Waals surface area contributed by atoms with Gasteiger partial charge in [0.25, 0.3) is 0 Å². The number of carboxylic acid groups (broad SMARTS) is 1. The average Bonchev–Trinajstić information content (AvgIpc) is 2.39. The molecule has 1 aromatic carbocycles. The van der Waals surface area contributed by atoms with E-state index in [0.717, 1.165) is 11.1 Å². The van der Waals surface area contributed by atoms with Crippen molar-refractivity contribution in [1.29, 1.82) is 0 Å². The van der Waals surface area contributed by atoms with Crippen LogP contribution in [0.1, 0.15) is 24.0 Å². The van der Waals surface area contributed by atoms with Gasteiger partial charge in [0.1, 0.15) is 0 Å². The highest BCUT2D eigenvalue weighted by atomic mass is 16.5. The van der Waals surface area contributed by atoms with E-state index in [1.54, 1.807) is 12.1 Å². The third-order valence-corrected chi connectivity index (χ3v) is 3.36. The Hall–Kier alpha value is -1.79. The normalized spacial score (nSPS) is 18.3. The van der Waals surface area contributed by atoms with E-state index in [1.807, 2.05) is 12.1 Å². The Balaban J connectivity index is 2.38. The van der Waals surface area contributed by atoms with E-state index in [1.165, 1.54) is 0 Å². The van der Waals surface area contributed by atoms with Crippen molar-refractivity contribution in [3.05, 3.63) is 35.4 Å². The number of benzene rings is 1. The van der Waals surface area contributed by atoms with Crippen molar-refractivity contribution in [3.8, 4) is 12.3 Å². The fourth-order valence-electron chi connectivity index (χ4n) is 2.23.